The van der Waals surface area contributed by atoms with Gasteiger partial charge in [0.15, 0.2) is 23.2 Å². The highest BCUT2D eigenvalue weighted by atomic mass is 31.3. The van der Waals surface area contributed by atoms with E-state index in [1.54, 1.807) is 5.48 Å². The number of phosphoric acid groups is 3. The number of anilines is 2. The van der Waals surface area contributed by atoms with Gasteiger partial charge in [-0.25, -0.2) is 24.2 Å². The van der Waals surface area contributed by atoms with Gasteiger partial charge in [0.1, 0.15) is 18.3 Å². The van der Waals surface area contributed by atoms with Crippen LogP contribution >= 0.6 is 23.5 Å². The Kier molecular flexibility index (Phi) is 7.26. The van der Waals surface area contributed by atoms with Gasteiger partial charge in [-0.05, 0) is 0 Å². The van der Waals surface area contributed by atoms with Crippen LogP contribution in [0.25, 0.3) is 11.2 Å². The number of aliphatic hydroxyl groups excluding tert-OH is 3. The molecule has 0 radical (unpaired) electrons. The SMILES string of the molecule is Nc1nc(NOP(=O)(O)OP(=O)(O)OP(=O)(O)O)c2ncn([C@@H]3O[C@H](CO)[C@@H](O)[C@H]3O)c2n1. The summed E-state index contributed by atoms with van der Waals surface area (Å²) in [6.07, 6.45) is -4.29. The second-order valence-electron chi connectivity index (χ2n) is 6.27. The first kappa shape index (κ1) is 26.0. The van der Waals surface area contributed by atoms with E-state index in [2.05, 4.69) is 28.2 Å². The molecule has 0 aliphatic carbocycles. The largest absolute Gasteiger partial charge is 0.502 e. The summed E-state index contributed by atoms with van der Waals surface area (Å²) in [7, 11) is -16.9. The van der Waals surface area contributed by atoms with E-state index in [4.69, 9.17) is 25.2 Å². The molecule has 10 N–H and O–H groups in total. The molecule has 2 unspecified atom stereocenters. The molecule has 1 aliphatic heterocycles. The molecule has 23 heteroatoms. The third-order valence-electron chi connectivity index (χ3n) is 3.90. The smallest absolute Gasteiger partial charge is 0.394 e. The second kappa shape index (κ2) is 9.21. The lowest BCUT2D eigenvalue weighted by Crippen LogP contribution is -2.33. The maximum atomic E-state index is 11.9. The summed E-state index contributed by atoms with van der Waals surface area (Å²) < 4.78 is 51.7. The van der Waals surface area contributed by atoms with Crippen molar-refractivity contribution in [3.05, 3.63) is 6.33 Å². The van der Waals surface area contributed by atoms with Crippen molar-refractivity contribution in [3.63, 3.8) is 0 Å². The average Bonchev–Trinajstić information content (AvgIpc) is 3.18. The number of nitrogens with zero attached hydrogens (tertiary/aromatic N) is 4. The predicted octanol–water partition coefficient (Wildman–Crippen LogP) is -2.31. The fraction of sp³-hybridized carbons (Fsp3) is 0.500. The third kappa shape index (κ3) is 6.10. The van der Waals surface area contributed by atoms with E-state index in [0.29, 0.717) is 0 Å². The standard InChI is InChI=1S/C10H17N6O14P3/c11-10-13-7(15-28-32(23,24)30-33(25,26)29-31(20,21)22)4-8(14-10)16(2-12-4)9-6(19)5(18)3(1-17)27-9/h2-3,5-6,9,17-19H,1H2,(H,23,24)(H,25,26)(H2,20,21,22)(H3,11,13,14,15)/t3-,5-,6-,9-/m1/s1. The van der Waals surface area contributed by atoms with E-state index in [0.717, 1.165) is 10.9 Å². The molecule has 186 valence electrons. The lowest BCUT2D eigenvalue weighted by Gasteiger charge is -2.17. The molecule has 0 saturated carbocycles. The van der Waals surface area contributed by atoms with Gasteiger partial charge in [-0.2, -0.15) is 23.2 Å². The molecule has 1 saturated heterocycles. The number of hydrogen-bond acceptors (Lipinski definition) is 15. The van der Waals surface area contributed by atoms with Crippen molar-refractivity contribution in [2.45, 2.75) is 24.5 Å². The topological polar surface area (TPSA) is 311 Å². The molecule has 1 aliphatic rings. The average molecular weight is 538 g/mol. The van der Waals surface area contributed by atoms with Gasteiger partial charge >= 0.3 is 23.5 Å². The van der Waals surface area contributed by atoms with Crippen LogP contribution in [0.3, 0.4) is 0 Å². The van der Waals surface area contributed by atoms with Gasteiger partial charge in [-0.3, -0.25) is 4.57 Å². The van der Waals surface area contributed by atoms with E-state index in [-0.39, 0.29) is 11.2 Å². The molecule has 1 fully saturated rings. The fourth-order valence-electron chi connectivity index (χ4n) is 2.70. The summed E-state index contributed by atoms with van der Waals surface area (Å²) in [6, 6.07) is 0. The van der Waals surface area contributed by atoms with E-state index in [9.17, 15) is 33.9 Å². The van der Waals surface area contributed by atoms with Crippen LogP contribution in [0.4, 0.5) is 11.8 Å². The molecule has 2 aromatic heterocycles. The predicted molar refractivity (Wildman–Crippen MR) is 101 cm³/mol. The first-order valence-corrected chi connectivity index (χ1v) is 12.9. The molecule has 0 aromatic carbocycles. The highest BCUT2D eigenvalue weighted by Gasteiger charge is 2.44. The Labute approximate surface area is 182 Å². The molecule has 33 heavy (non-hydrogen) atoms. The zero-order valence-electron chi connectivity index (χ0n) is 15.8. The summed E-state index contributed by atoms with van der Waals surface area (Å²) >= 11 is 0. The molecule has 0 spiro atoms. The molecular weight excluding hydrogens is 521 g/mol. The van der Waals surface area contributed by atoms with Crippen LogP contribution in [-0.4, -0.2) is 79.3 Å². The first-order valence-electron chi connectivity index (χ1n) is 8.33. The molecule has 0 amide bonds. The van der Waals surface area contributed by atoms with Crippen molar-refractivity contribution in [2.24, 2.45) is 0 Å². The third-order valence-corrected chi connectivity index (χ3v) is 7.55. The van der Waals surface area contributed by atoms with Gasteiger partial charge in [-0.15, -0.1) is 0 Å². The lowest BCUT2D eigenvalue weighted by atomic mass is 10.1. The van der Waals surface area contributed by atoms with Crippen LogP contribution in [0.2, 0.25) is 0 Å². The van der Waals surface area contributed by atoms with Crippen LogP contribution in [0.1, 0.15) is 6.23 Å². The van der Waals surface area contributed by atoms with Crippen molar-refractivity contribution in [1.29, 1.82) is 0 Å². The minimum absolute atomic E-state index is 0.144. The Bertz CT molecular complexity index is 1170. The van der Waals surface area contributed by atoms with Gasteiger partial charge < -0.3 is 45.4 Å². The Morgan fingerprint density at radius 2 is 1.76 bits per heavy atom. The number of hydrogen-bond donors (Lipinski definition) is 9. The maximum Gasteiger partial charge on any atom is 0.502 e. The molecule has 2 aromatic rings. The molecule has 6 atom stereocenters. The lowest BCUT2D eigenvalue weighted by molar-refractivity contribution is -0.0511. The number of imidazole rings is 1. The van der Waals surface area contributed by atoms with E-state index >= 15 is 0 Å². The minimum atomic E-state index is -5.75. The van der Waals surface area contributed by atoms with Gasteiger partial charge in [0.2, 0.25) is 5.95 Å². The monoisotopic (exact) mass is 538 g/mol. The summed E-state index contributed by atoms with van der Waals surface area (Å²) in [4.78, 5) is 47.1. The zero-order chi connectivity index (χ0) is 24.8. The fourth-order valence-corrected chi connectivity index (χ4v) is 5.54. The van der Waals surface area contributed by atoms with E-state index < -0.39 is 66.4 Å². The highest BCUT2D eigenvalue weighted by Crippen LogP contribution is 2.66. The number of nitrogen functional groups attached to an aromatic ring is 1. The van der Waals surface area contributed by atoms with Crippen molar-refractivity contribution >= 4 is 46.4 Å². The first-order chi connectivity index (χ1) is 15.1. The Balaban J connectivity index is 1.83. The van der Waals surface area contributed by atoms with Gasteiger partial charge in [0, 0.05) is 0 Å². The Morgan fingerprint density at radius 3 is 2.33 bits per heavy atom. The number of rotatable bonds is 9. The van der Waals surface area contributed by atoms with Crippen molar-refractivity contribution < 1.29 is 66.6 Å². The van der Waals surface area contributed by atoms with Gasteiger partial charge in [0.05, 0.1) is 12.9 Å². The quantitative estimate of drug-likeness (QED) is 0.120. The highest BCUT2D eigenvalue weighted by molar-refractivity contribution is 7.66. The van der Waals surface area contributed by atoms with Crippen LogP contribution in [0.15, 0.2) is 6.33 Å². The van der Waals surface area contributed by atoms with Crippen LogP contribution < -0.4 is 11.2 Å². The number of fused-ring (bicyclic) bond motifs is 1. The minimum Gasteiger partial charge on any atom is -0.394 e. The number of aromatic nitrogens is 4. The summed E-state index contributed by atoms with van der Waals surface area (Å²) in [5, 5.41) is 29.3. The molecule has 0 bridgehead atoms. The number of nitrogens with one attached hydrogen (secondary N) is 1. The van der Waals surface area contributed by atoms with Crippen LogP contribution in [-0.2, 0) is 31.7 Å². The molecule has 20 nitrogen and oxygen atoms in total. The summed E-state index contributed by atoms with van der Waals surface area (Å²) in [6.45, 7) is -0.606. The van der Waals surface area contributed by atoms with E-state index in [1.165, 1.54) is 0 Å². The number of ether oxygens (including phenoxy) is 1. The van der Waals surface area contributed by atoms with Crippen molar-refractivity contribution in [1.82, 2.24) is 19.5 Å². The molecule has 3 rings (SSSR count). The Hall–Kier alpha value is -1.60. The van der Waals surface area contributed by atoms with E-state index in [1.807, 2.05) is 0 Å². The van der Waals surface area contributed by atoms with Crippen LogP contribution in [0, 0.1) is 0 Å². The normalized spacial score (nSPS) is 27.4. The van der Waals surface area contributed by atoms with Crippen molar-refractivity contribution in [2.75, 3.05) is 17.8 Å². The number of aliphatic hydroxyl groups is 3. The maximum absolute atomic E-state index is 11.9. The van der Waals surface area contributed by atoms with Gasteiger partial charge in [-0.1, -0.05) is 0 Å². The number of nitrogens with two attached hydrogens (primary N) is 1. The Morgan fingerprint density at radius 1 is 1.09 bits per heavy atom. The van der Waals surface area contributed by atoms with Gasteiger partial charge in [0.25, 0.3) is 0 Å². The molecular formula is C10H17N6O14P3. The second-order valence-corrected chi connectivity index (χ2v) is 10.6. The van der Waals surface area contributed by atoms with Crippen molar-refractivity contribution in [3.8, 4) is 0 Å². The molecule has 3 heterocycles. The summed E-state index contributed by atoms with van der Waals surface area (Å²) in [5.41, 5.74) is 7.00. The summed E-state index contributed by atoms with van der Waals surface area (Å²) in [5.74, 6) is -0.960. The zero-order valence-corrected chi connectivity index (χ0v) is 18.5. The van der Waals surface area contributed by atoms with Crippen LogP contribution in [0.5, 0.6) is 0 Å².